The van der Waals surface area contributed by atoms with Crippen LogP contribution in [0.15, 0.2) is 127 Å². The highest BCUT2D eigenvalue weighted by Crippen LogP contribution is 2.42. The van der Waals surface area contributed by atoms with Crippen LogP contribution in [-0.4, -0.2) is 18.7 Å². The van der Waals surface area contributed by atoms with E-state index in [2.05, 4.69) is 67.1 Å². The van der Waals surface area contributed by atoms with Gasteiger partial charge in [0.15, 0.2) is 16.9 Å². The Balaban J connectivity index is 0.000000421. The minimum absolute atomic E-state index is 0.0655. The van der Waals surface area contributed by atoms with Crippen molar-refractivity contribution in [1.82, 2.24) is 0 Å². The van der Waals surface area contributed by atoms with Crippen LogP contribution >= 0.6 is 0 Å². The number of rotatable bonds is 6. The standard InChI is InChI=1S/C32H12BF24.C16H15OS/c34-25(35,36)13-1-14(26(37,38)39)6-21(5-13)33(22-7-15(27(40,41)42)2-16(8-22)28(43,44)45,23-9-17(29(46,47)48)3-18(10-23)30(49,50)51)24-11-19(31(52,53)54)4-20(12-24)32(55,56)57;1-18(2)17-16-11-12-7-3-4-8-13(12)14-9-5-6-10-15(14)16/h1-12H;3-11H,1-2H3/q-1;+1. The average Bonchev–Trinajstić information content (AvgIpc) is 3.27. The highest BCUT2D eigenvalue weighted by Gasteiger charge is 2.47. The van der Waals surface area contributed by atoms with Gasteiger partial charge in [-0.25, -0.2) is 0 Å². The zero-order valence-corrected chi connectivity index (χ0v) is 37.9. The molecule has 7 aromatic carbocycles. The Kier molecular flexibility index (Phi) is 15.1. The molecule has 0 N–H and O–H groups in total. The number of hydrogen-bond acceptors (Lipinski definition) is 1. The monoisotopic (exact) mass is 1120 g/mol. The Hall–Kier alpha value is -6.41. The first-order valence-corrected chi connectivity index (χ1v) is 22.5. The third-order valence-corrected chi connectivity index (χ3v) is 11.9. The summed E-state index contributed by atoms with van der Waals surface area (Å²) in [5.41, 5.74) is -30.2. The number of alkyl halides is 24. The van der Waals surface area contributed by atoms with Crippen LogP contribution in [0.4, 0.5) is 105 Å². The topological polar surface area (TPSA) is 9.23 Å². The first kappa shape index (κ1) is 57.9. The van der Waals surface area contributed by atoms with Crippen LogP contribution < -0.4 is 26.0 Å². The fraction of sp³-hybridized carbons (Fsp3) is 0.208. The Labute approximate surface area is 409 Å². The summed E-state index contributed by atoms with van der Waals surface area (Å²) >= 11 is -0.0655. The predicted octanol–water partition coefficient (Wildman–Crippen LogP) is 15.4. The Morgan fingerprint density at radius 3 is 0.760 bits per heavy atom. The van der Waals surface area contributed by atoms with Crippen molar-refractivity contribution in [3.8, 4) is 5.75 Å². The third kappa shape index (κ3) is 12.7. The van der Waals surface area contributed by atoms with Gasteiger partial charge in [0.2, 0.25) is 0 Å². The molecule has 7 aromatic rings. The molecule has 27 heteroatoms. The summed E-state index contributed by atoms with van der Waals surface area (Å²) in [7, 11) is 0. The third-order valence-electron chi connectivity index (χ3n) is 11.4. The van der Waals surface area contributed by atoms with Gasteiger partial charge in [-0.15, -0.1) is 0 Å². The lowest BCUT2D eigenvalue weighted by molar-refractivity contribution is -0.144. The smallest absolute Gasteiger partial charge is 0.286 e. The van der Waals surface area contributed by atoms with Crippen LogP contribution in [0.3, 0.4) is 0 Å². The highest BCUT2D eigenvalue weighted by molar-refractivity contribution is 7.91. The van der Waals surface area contributed by atoms with Gasteiger partial charge in [-0.3, -0.25) is 4.18 Å². The Morgan fingerprint density at radius 1 is 0.293 bits per heavy atom. The van der Waals surface area contributed by atoms with Crippen molar-refractivity contribution in [2.45, 2.75) is 49.4 Å². The van der Waals surface area contributed by atoms with Crippen LogP contribution in [-0.2, 0) is 60.6 Å². The van der Waals surface area contributed by atoms with Crippen LogP contribution in [0.25, 0.3) is 21.5 Å². The summed E-state index contributed by atoms with van der Waals surface area (Å²) in [6.45, 7) is 0. The lowest BCUT2D eigenvalue weighted by Crippen LogP contribution is -2.75. The first-order chi connectivity index (χ1) is 34.0. The van der Waals surface area contributed by atoms with Gasteiger partial charge in [0.1, 0.15) is 18.7 Å². The molecule has 0 aliphatic heterocycles. The lowest BCUT2D eigenvalue weighted by atomic mass is 9.12. The first-order valence-electron chi connectivity index (χ1n) is 20.5. The van der Waals surface area contributed by atoms with E-state index in [0.29, 0.717) is 0 Å². The SMILES string of the molecule is C[S+](C)Oc1cc2ccccc2c2ccccc12.FC(F)(F)c1cc([B-](c2cc(C(F)(F)F)cc(C(F)(F)F)c2)(c2cc(C(F)(F)F)cc(C(F)(F)F)c2)c2cc(C(F)(F)F)cc(C(F)(F)F)c2)cc(C(F)(F)F)c1. The van der Waals surface area contributed by atoms with Crippen molar-refractivity contribution in [2.75, 3.05) is 12.5 Å². The molecule has 0 amide bonds. The van der Waals surface area contributed by atoms with Crippen LogP contribution in [0.2, 0.25) is 0 Å². The number of hydrogen-bond donors (Lipinski definition) is 0. The van der Waals surface area contributed by atoms with Crippen molar-refractivity contribution in [2.24, 2.45) is 0 Å². The predicted molar refractivity (Wildman–Crippen MR) is 231 cm³/mol. The fourth-order valence-corrected chi connectivity index (χ4v) is 8.84. The van der Waals surface area contributed by atoms with E-state index >= 15 is 0 Å². The van der Waals surface area contributed by atoms with Crippen LogP contribution in [0.5, 0.6) is 5.75 Å². The summed E-state index contributed by atoms with van der Waals surface area (Å²) in [6, 6.07) is 10.2. The second-order valence-electron chi connectivity index (χ2n) is 16.7. The molecule has 1 nitrogen and oxygen atoms in total. The van der Waals surface area contributed by atoms with E-state index in [4.69, 9.17) is 4.18 Å². The highest BCUT2D eigenvalue weighted by atomic mass is 32.2. The number of fused-ring (bicyclic) bond motifs is 3. The molecule has 0 heterocycles. The molecule has 0 saturated carbocycles. The van der Waals surface area contributed by atoms with E-state index in [1.165, 1.54) is 21.5 Å². The van der Waals surface area contributed by atoms with Crippen molar-refractivity contribution in [3.05, 3.63) is 172 Å². The molecule has 75 heavy (non-hydrogen) atoms. The Bertz CT molecular complexity index is 2790. The van der Waals surface area contributed by atoms with Crippen LogP contribution in [0.1, 0.15) is 44.5 Å². The second kappa shape index (κ2) is 19.6. The van der Waals surface area contributed by atoms with Gasteiger partial charge in [-0.05, 0) is 46.5 Å². The van der Waals surface area contributed by atoms with Crippen molar-refractivity contribution >= 4 is 60.7 Å². The Morgan fingerprint density at radius 2 is 0.520 bits per heavy atom. The molecule has 0 aliphatic rings. The van der Waals surface area contributed by atoms with Gasteiger partial charge in [-0.1, -0.05) is 97.1 Å². The van der Waals surface area contributed by atoms with Crippen LogP contribution in [0, 0.1) is 0 Å². The van der Waals surface area contributed by atoms with Crippen molar-refractivity contribution < 1.29 is 110 Å². The van der Waals surface area contributed by atoms with Crippen molar-refractivity contribution in [1.29, 1.82) is 0 Å². The molecule has 0 fully saturated rings. The molecule has 0 saturated heterocycles. The number of benzene rings is 7. The van der Waals surface area contributed by atoms with Gasteiger partial charge < -0.3 is 0 Å². The summed E-state index contributed by atoms with van der Waals surface area (Å²) in [5, 5.41) is 4.97. The van der Waals surface area contributed by atoms with Gasteiger partial charge >= 0.3 is 49.4 Å². The zero-order valence-electron chi connectivity index (χ0n) is 37.1. The molecule has 0 aliphatic carbocycles. The maximum atomic E-state index is 14.2. The minimum Gasteiger partial charge on any atom is -0.286 e. The van der Waals surface area contributed by atoms with Gasteiger partial charge in [0.05, 0.1) is 44.5 Å². The molecular formula is C48H27BF24OS. The van der Waals surface area contributed by atoms with Gasteiger partial charge in [-0.2, -0.15) is 127 Å². The molecule has 0 aromatic heterocycles. The molecule has 7 rings (SSSR count). The van der Waals surface area contributed by atoms with E-state index < -0.39 is 195 Å². The summed E-state index contributed by atoms with van der Waals surface area (Å²) in [4.78, 5) is 0. The fourth-order valence-electron chi connectivity index (χ4n) is 8.34. The summed E-state index contributed by atoms with van der Waals surface area (Å²) in [6.07, 6.45) is -50.6. The van der Waals surface area contributed by atoms with E-state index in [0.717, 1.165) is 5.75 Å². The maximum absolute atomic E-state index is 14.2. The zero-order chi connectivity index (χ0) is 56.4. The quantitative estimate of drug-likeness (QED) is 0.0698. The molecule has 0 unspecified atom stereocenters. The molecule has 402 valence electrons. The molecular weight excluding hydrogens is 1090 g/mol. The largest absolute Gasteiger partial charge is 0.416 e. The van der Waals surface area contributed by atoms with Gasteiger partial charge in [0.25, 0.3) is 0 Å². The van der Waals surface area contributed by atoms with E-state index in [1.54, 1.807) is 0 Å². The number of halogens is 24. The van der Waals surface area contributed by atoms with E-state index in [-0.39, 0.29) is 11.2 Å². The maximum Gasteiger partial charge on any atom is 0.416 e. The van der Waals surface area contributed by atoms with E-state index in [9.17, 15) is 105 Å². The lowest BCUT2D eigenvalue weighted by Gasteiger charge is -2.46. The molecule has 0 atom stereocenters. The summed E-state index contributed by atoms with van der Waals surface area (Å²) in [5.74, 6) is 0.984. The molecule has 0 bridgehead atoms. The van der Waals surface area contributed by atoms with Gasteiger partial charge in [0, 0.05) is 5.39 Å². The molecule has 0 spiro atoms. The second-order valence-corrected chi connectivity index (χ2v) is 18.3. The van der Waals surface area contributed by atoms with Crippen molar-refractivity contribution in [3.63, 3.8) is 0 Å². The average molecular weight is 1120 g/mol. The van der Waals surface area contributed by atoms with E-state index in [1.807, 2.05) is 0 Å². The summed E-state index contributed by atoms with van der Waals surface area (Å²) < 4.78 is 347. The molecule has 0 radical (unpaired) electrons. The normalized spacial score (nSPS) is 13.6. The minimum atomic E-state index is -6.13.